The van der Waals surface area contributed by atoms with E-state index < -0.39 is 5.91 Å². The van der Waals surface area contributed by atoms with Crippen LogP contribution in [0.3, 0.4) is 0 Å². The molecule has 0 atom stereocenters. The first kappa shape index (κ1) is 18.3. The van der Waals surface area contributed by atoms with Gasteiger partial charge in [-0.1, -0.05) is 19.1 Å². The van der Waals surface area contributed by atoms with Gasteiger partial charge in [-0.3, -0.25) is 9.89 Å². The molecule has 4 rings (SSSR count). The van der Waals surface area contributed by atoms with Crippen molar-refractivity contribution in [3.8, 4) is 28.8 Å². The Kier molecular flexibility index (Phi) is 4.99. The number of H-pyrrole nitrogens is 1. The number of hydrogen-bond acceptors (Lipinski definition) is 5. The molecule has 144 valence electrons. The van der Waals surface area contributed by atoms with Crippen LogP contribution in [0.25, 0.3) is 17.3 Å². The van der Waals surface area contributed by atoms with E-state index in [2.05, 4.69) is 22.4 Å². The van der Waals surface area contributed by atoms with E-state index in [0.717, 1.165) is 12.0 Å². The zero-order chi connectivity index (χ0) is 20.2. The molecule has 7 nitrogen and oxygen atoms in total. The predicted molar refractivity (Wildman–Crippen MR) is 108 cm³/mol. The van der Waals surface area contributed by atoms with E-state index in [1.165, 1.54) is 11.6 Å². The molecule has 0 saturated carbocycles. The molecule has 0 saturated heterocycles. The minimum atomic E-state index is -0.477. The van der Waals surface area contributed by atoms with Gasteiger partial charge in [-0.2, -0.15) is 10.4 Å². The number of aromatic nitrogens is 2. The molecule has 1 aromatic heterocycles. The average molecular weight is 386 g/mol. The molecule has 1 aliphatic heterocycles. The fraction of sp³-hybridized carbons (Fsp3) is 0.136. The molecule has 0 aliphatic carbocycles. The fourth-order valence-electron chi connectivity index (χ4n) is 3.01. The van der Waals surface area contributed by atoms with Gasteiger partial charge in [0.05, 0.1) is 11.9 Å². The molecule has 0 bridgehead atoms. The smallest absolute Gasteiger partial charge is 0.266 e. The molecule has 1 aliphatic rings. The highest BCUT2D eigenvalue weighted by molar-refractivity contribution is 6.10. The second-order valence-corrected chi connectivity index (χ2v) is 6.44. The van der Waals surface area contributed by atoms with Crippen molar-refractivity contribution in [2.75, 3.05) is 12.1 Å². The molecule has 7 heteroatoms. The number of ether oxygens (including phenoxy) is 2. The SMILES string of the molecule is CCc1ccc(NC(=O)/C(C#N)=C/c2cn[nH]c2-c2ccc3c(c2)OCO3)cc1. The van der Waals surface area contributed by atoms with E-state index in [1.807, 2.05) is 48.5 Å². The number of hydrogen-bond donors (Lipinski definition) is 2. The summed E-state index contributed by atoms with van der Waals surface area (Å²) in [5, 5.41) is 19.2. The lowest BCUT2D eigenvalue weighted by atomic mass is 10.1. The summed E-state index contributed by atoms with van der Waals surface area (Å²) in [6.07, 6.45) is 4.00. The van der Waals surface area contributed by atoms with Crippen molar-refractivity contribution in [1.29, 1.82) is 5.26 Å². The number of nitrogens with one attached hydrogen (secondary N) is 2. The first-order valence-electron chi connectivity index (χ1n) is 9.13. The van der Waals surface area contributed by atoms with E-state index in [4.69, 9.17) is 9.47 Å². The number of fused-ring (bicyclic) bond motifs is 1. The zero-order valence-corrected chi connectivity index (χ0v) is 15.7. The van der Waals surface area contributed by atoms with Crippen LogP contribution in [0.5, 0.6) is 11.5 Å². The molecule has 2 heterocycles. The van der Waals surface area contributed by atoms with Gasteiger partial charge in [0.1, 0.15) is 11.6 Å². The summed E-state index contributed by atoms with van der Waals surface area (Å²) in [7, 11) is 0. The topological polar surface area (TPSA) is 100 Å². The Balaban J connectivity index is 1.58. The summed E-state index contributed by atoms with van der Waals surface area (Å²) in [4.78, 5) is 12.6. The van der Waals surface area contributed by atoms with Gasteiger partial charge in [0, 0.05) is 16.8 Å². The molecule has 0 fully saturated rings. The second-order valence-electron chi connectivity index (χ2n) is 6.44. The highest BCUT2D eigenvalue weighted by Crippen LogP contribution is 2.36. The van der Waals surface area contributed by atoms with Gasteiger partial charge in [-0.15, -0.1) is 0 Å². The molecular formula is C22H18N4O3. The van der Waals surface area contributed by atoms with Crippen LogP contribution >= 0.6 is 0 Å². The molecule has 0 unspecified atom stereocenters. The maximum atomic E-state index is 12.6. The van der Waals surface area contributed by atoms with Gasteiger partial charge >= 0.3 is 0 Å². The van der Waals surface area contributed by atoms with Crippen LogP contribution in [0, 0.1) is 11.3 Å². The summed E-state index contributed by atoms with van der Waals surface area (Å²) in [5.74, 6) is 0.840. The Morgan fingerprint density at radius 1 is 1.24 bits per heavy atom. The number of amides is 1. The first-order valence-corrected chi connectivity index (χ1v) is 9.13. The number of nitriles is 1. The van der Waals surface area contributed by atoms with Crippen LogP contribution in [-0.4, -0.2) is 22.9 Å². The van der Waals surface area contributed by atoms with Gasteiger partial charge in [0.2, 0.25) is 6.79 Å². The zero-order valence-electron chi connectivity index (χ0n) is 15.7. The third-order valence-electron chi connectivity index (χ3n) is 4.61. The Bertz CT molecular complexity index is 1120. The molecule has 0 radical (unpaired) electrons. The Labute approximate surface area is 167 Å². The number of nitrogens with zero attached hydrogens (tertiary/aromatic N) is 2. The largest absolute Gasteiger partial charge is 0.454 e. The second kappa shape index (κ2) is 7.90. The van der Waals surface area contributed by atoms with Crippen LogP contribution in [-0.2, 0) is 11.2 Å². The van der Waals surface area contributed by atoms with Gasteiger partial charge in [-0.05, 0) is 48.4 Å². The average Bonchev–Trinajstić information content (AvgIpc) is 3.41. The molecule has 1 amide bonds. The van der Waals surface area contributed by atoms with Crippen molar-refractivity contribution < 1.29 is 14.3 Å². The quantitative estimate of drug-likeness (QED) is 0.511. The van der Waals surface area contributed by atoms with Crippen molar-refractivity contribution in [2.24, 2.45) is 0 Å². The number of carbonyl (C=O) groups excluding carboxylic acids is 1. The molecule has 2 N–H and O–H groups in total. The summed E-state index contributed by atoms with van der Waals surface area (Å²) < 4.78 is 10.7. The van der Waals surface area contributed by atoms with Crippen LogP contribution in [0.15, 0.2) is 54.2 Å². The number of rotatable bonds is 5. The highest BCUT2D eigenvalue weighted by Gasteiger charge is 2.17. The van der Waals surface area contributed by atoms with Crippen molar-refractivity contribution in [2.45, 2.75) is 13.3 Å². The number of aromatic amines is 1. The van der Waals surface area contributed by atoms with Gasteiger partial charge in [0.25, 0.3) is 5.91 Å². The number of carbonyl (C=O) groups is 1. The van der Waals surface area contributed by atoms with Crippen molar-refractivity contribution in [3.05, 3.63) is 65.4 Å². The Morgan fingerprint density at radius 3 is 2.79 bits per heavy atom. The van der Waals surface area contributed by atoms with Crippen molar-refractivity contribution in [1.82, 2.24) is 10.2 Å². The van der Waals surface area contributed by atoms with Gasteiger partial charge < -0.3 is 14.8 Å². The first-order chi connectivity index (χ1) is 14.2. The Morgan fingerprint density at radius 2 is 2.03 bits per heavy atom. The van der Waals surface area contributed by atoms with E-state index in [-0.39, 0.29) is 12.4 Å². The molecule has 3 aromatic rings. The standard InChI is InChI=1S/C22H18N4O3/c1-2-14-3-6-18(7-4-14)25-22(27)16(11-23)9-17-12-24-26-21(17)15-5-8-19-20(10-15)29-13-28-19/h3-10,12H,2,13H2,1H3,(H,24,26)(H,25,27)/b16-9+. The monoisotopic (exact) mass is 386 g/mol. The van der Waals surface area contributed by atoms with E-state index >= 15 is 0 Å². The fourth-order valence-corrected chi connectivity index (χ4v) is 3.01. The predicted octanol–water partition coefficient (Wildman–Crippen LogP) is 3.91. The van der Waals surface area contributed by atoms with Gasteiger partial charge in [-0.25, -0.2) is 0 Å². The lowest BCUT2D eigenvalue weighted by Gasteiger charge is -2.06. The molecule has 2 aromatic carbocycles. The third-order valence-corrected chi connectivity index (χ3v) is 4.61. The minimum Gasteiger partial charge on any atom is -0.454 e. The van der Waals surface area contributed by atoms with Crippen LogP contribution < -0.4 is 14.8 Å². The molecule has 0 spiro atoms. The van der Waals surface area contributed by atoms with Crippen molar-refractivity contribution in [3.63, 3.8) is 0 Å². The molecular weight excluding hydrogens is 368 g/mol. The summed E-state index contributed by atoms with van der Waals surface area (Å²) >= 11 is 0. The van der Waals surface area contributed by atoms with Crippen molar-refractivity contribution >= 4 is 17.7 Å². The van der Waals surface area contributed by atoms with Gasteiger partial charge in [0.15, 0.2) is 11.5 Å². The number of aryl methyl sites for hydroxylation is 1. The van der Waals surface area contributed by atoms with Crippen LogP contribution in [0.4, 0.5) is 5.69 Å². The summed E-state index contributed by atoms with van der Waals surface area (Å²) in [5.41, 5.74) is 3.90. The Hall–Kier alpha value is -4.05. The summed E-state index contributed by atoms with van der Waals surface area (Å²) in [6.45, 7) is 2.25. The van der Waals surface area contributed by atoms with E-state index in [9.17, 15) is 10.1 Å². The van der Waals surface area contributed by atoms with E-state index in [0.29, 0.717) is 28.4 Å². The summed E-state index contributed by atoms with van der Waals surface area (Å²) in [6, 6.07) is 15.0. The number of benzene rings is 2. The minimum absolute atomic E-state index is 0.0204. The van der Waals surface area contributed by atoms with Crippen LogP contribution in [0.1, 0.15) is 18.1 Å². The number of anilines is 1. The molecule has 29 heavy (non-hydrogen) atoms. The highest BCUT2D eigenvalue weighted by atomic mass is 16.7. The lowest BCUT2D eigenvalue weighted by molar-refractivity contribution is -0.112. The van der Waals surface area contributed by atoms with E-state index in [1.54, 1.807) is 6.20 Å². The van der Waals surface area contributed by atoms with Crippen LogP contribution in [0.2, 0.25) is 0 Å². The third kappa shape index (κ3) is 3.82. The lowest BCUT2D eigenvalue weighted by Crippen LogP contribution is -2.13. The normalized spacial score (nSPS) is 12.5. The maximum absolute atomic E-state index is 12.6. The maximum Gasteiger partial charge on any atom is 0.266 e.